The van der Waals surface area contributed by atoms with Gasteiger partial charge >= 0.3 is 0 Å². The molecule has 16 rings (SSSR count). The van der Waals surface area contributed by atoms with Crippen LogP contribution in [0.2, 0.25) is 0 Å². The molecular formula is C68H42N2S2. The van der Waals surface area contributed by atoms with Crippen molar-refractivity contribution < 1.29 is 0 Å². The van der Waals surface area contributed by atoms with E-state index in [0.29, 0.717) is 0 Å². The van der Waals surface area contributed by atoms with Gasteiger partial charge in [0.25, 0.3) is 0 Å². The standard InChI is InChI=1S/C68H42N2S2/c1-2-20-43(21-3-1)69-57-33-13-6-22-45(57)48-42-44(40-41-58(48)69)70(59-34-18-31-55-65(59)46-23-4-7-25-49(46)67(55)51-27-9-14-36-61(51)71-62-37-15-10-28-52(62)67)60-35-19-32-56-66(60)47-24-5-8-26-50(47)68(56)53-29-11-16-38-63(53)72-64-39-17-12-30-54(64)68/h1-42H. The number of nitrogens with zero attached hydrogens (tertiary/aromatic N) is 2. The van der Waals surface area contributed by atoms with Crippen LogP contribution in [0.1, 0.15) is 44.5 Å². The van der Waals surface area contributed by atoms with Gasteiger partial charge in [-0.25, -0.2) is 0 Å². The summed E-state index contributed by atoms with van der Waals surface area (Å²) in [7, 11) is 0. The van der Waals surface area contributed by atoms with E-state index in [2.05, 4.69) is 264 Å². The van der Waals surface area contributed by atoms with Crippen molar-refractivity contribution >= 4 is 62.4 Å². The summed E-state index contributed by atoms with van der Waals surface area (Å²) in [4.78, 5) is 7.83. The van der Waals surface area contributed by atoms with Crippen LogP contribution < -0.4 is 4.90 Å². The van der Waals surface area contributed by atoms with Gasteiger partial charge in [-0.2, -0.15) is 0 Å². The predicted molar refractivity (Wildman–Crippen MR) is 298 cm³/mol. The van der Waals surface area contributed by atoms with Gasteiger partial charge in [0.2, 0.25) is 0 Å². The Morgan fingerprint density at radius 1 is 0.306 bits per heavy atom. The highest BCUT2D eigenvalue weighted by Crippen LogP contribution is 2.67. The lowest BCUT2D eigenvalue weighted by atomic mass is 9.67. The molecule has 0 amide bonds. The molecule has 12 aromatic rings. The fourth-order valence-electron chi connectivity index (χ4n) is 13.5. The minimum atomic E-state index is -0.526. The highest BCUT2D eigenvalue weighted by atomic mass is 32.2. The first-order chi connectivity index (χ1) is 35.7. The first-order valence-electron chi connectivity index (χ1n) is 24.8. The maximum absolute atomic E-state index is 2.63. The van der Waals surface area contributed by atoms with Crippen molar-refractivity contribution in [2.45, 2.75) is 30.4 Å². The van der Waals surface area contributed by atoms with Crippen LogP contribution in [0.4, 0.5) is 17.1 Å². The molecule has 0 N–H and O–H groups in total. The smallest absolute Gasteiger partial charge is 0.0736 e. The molecule has 2 spiro atoms. The third-order valence-corrected chi connectivity index (χ3v) is 18.4. The monoisotopic (exact) mass is 950 g/mol. The Morgan fingerprint density at radius 2 is 0.708 bits per heavy atom. The molecule has 0 saturated carbocycles. The molecule has 3 heterocycles. The van der Waals surface area contributed by atoms with Crippen LogP contribution in [0.25, 0.3) is 49.7 Å². The summed E-state index contributed by atoms with van der Waals surface area (Å²) in [5.41, 5.74) is 21.6. The summed E-state index contributed by atoms with van der Waals surface area (Å²) >= 11 is 3.79. The minimum Gasteiger partial charge on any atom is -0.309 e. The van der Waals surface area contributed by atoms with Gasteiger partial charge in [-0.1, -0.05) is 206 Å². The lowest BCUT2D eigenvalue weighted by molar-refractivity contribution is 0.722. The van der Waals surface area contributed by atoms with Crippen LogP contribution >= 0.6 is 23.5 Å². The number of para-hydroxylation sites is 2. The average Bonchev–Trinajstić information content (AvgIpc) is 4.05. The summed E-state index contributed by atoms with van der Waals surface area (Å²) in [5, 5.41) is 2.44. The van der Waals surface area contributed by atoms with E-state index < -0.39 is 10.8 Å². The summed E-state index contributed by atoms with van der Waals surface area (Å²) < 4.78 is 2.42. The van der Waals surface area contributed by atoms with Crippen molar-refractivity contribution in [1.29, 1.82) is 0 Å². The summed E-state index contributed by atoms with van der Waals surface area (Å²) in [6, 6.07) is 96.1. The van der Waals surface area contributed by atoms with Crippen LogP contribution in [0, 0.1) is 0 Å². The van der Waals surface area contributed by atoms with Gasteiger partial charge < -0.3 is 9.47 Å². The van der Waals surface area contributed by atoms with E-state index >= 15 is 0 Å². The topological polar surface area (TPSA) is 8.17 Å². The summed E-state index contributed by atoms with van der Waals surface area (Å²) in [6.45, 7) is 0. The molecule has 336 valence electrons. The van der Waals surface area contributed by atoms with Gasteiger partial charge in [-0.3, -0.25) is 0 Å². The van der Waals surface area contributed by atoms with Crippen LogP contribution in [0.15, 0.2) is 274 Å². The number of hydrogen-bond acceptors (Lipinski definition) is 3. The van der Waals surface area contributed by atoms with Gasteiger partial charge in [0.05, 0.1) is 33.2 Å². The first-order valence-corrected chi connectivity index (χ1v) is 26.5. The highest BCUT2D eigenvalue weighted by molar-refractivity contribution is 7.99. The molecule has 0 fully saturated rings. The second-order valence-electron chi connectivity index (χ2n) is 19.4. The molecule has 0 radical (unpaired) electrons. The normalized spacial score (nSPS) is 14.5. The zero-order chi connectivity index (χ0) is 47.1. The second kappa shape index (κ2) is 15.1. The second-order valence-corrected chi connectivity index (χ2v) is 21.6. The Morgan fingerprint density at radius 3 is 1.22 bits per heavy atom. The number of rotatable bonds is 4. The Hall–Kier alpha value is -8.28. The molecule has 0 unspecified atom stereocenters. The molecule has 72 heavy (non-hydrogen) atoms. The van der Waals surface area contributed by atoms with E-state index in [1.54, 1.807) is 0 Å². The van der Waals surface area contributed by atoms with Crippen molar-refractivity contribution in [3.63, 3.8) is 0 Å². The third kappa shape index (κ3) is 5.17. The number of aromatic nitrogens is 1. The van der Waals surface area contributed by atoms with Gasteiger partial charge in [0, 0.05) is 52.9 Å². The molecule has 4 aliphatic rings. The van der Waals surface area contributed by atoms with Crippen LogP contribution in [0.3, 0.4) is 0 Å². The van der Waals surface area contributed by atoms with E-state index in [0.717, 1.165) is 22.7 Å². The Bertz CT molecular complexity index is 3970. The van der Waals surface area contributed by atoms with Crippen molar-refractivity contribution in [3.05, 3.63) is 299 Å². The number of benzene rings is 11. The van der Waals surface area contributed by atoms with Crippen LogP contribution in [0.5, 0.6) is 0 Å². The van der Waals surface area contributed by atoms with Gasteiger partial charge in [-0.15, -0.1) is 0 Å². The zero-order valence-corrected chi connectivity index (χ0v) is 40.6. The molecule has 2 nitrogen and oxygen atoms in total. The van der Waals surface area contributed by atoms with Crippen molar-refractivity contribution in [2.24, 2.45) is 0 Å². The molecule has 11 aromatic carbocycles. The number of anilines is 3. The lowest BCUT2D eigenvalue weighted by Crippen LogP contribution is -2.32. The molecule has 2 aliphatic heterocycles. The Balaban J connectivity index is 1.04. The van der Waals surface area contributed by atoms with E-state index in [1.807, 2.05) is 23.5 Å². The maximum atomic E-state index is 2.63. The van der Waals surface area contributed by atoms with Crippen molar-refractivity contribution in [1.82, 2.24) is 4.57 Å². The minimum absolute atomic E-state index is 0.526. The van der Waals surface area contributed by atoms with Crippen molar-refractivity contribution in [3.8, 4) is 27.9 Å². The van der Waals surface area contributed by atoms with Crippen LogP contribution in [-0.4, -0.2) is 4.57 Å². The van der Waals surface area contributed by atoms with Gasteiger partial charge in [-0.05, 0) is 128 Å². The van der Waals surface area contributed by atoms with Crippen LogP contribution in [-0.2, 0) is 10.8 Å². The molecule has 0 bridgehead atoms. The SMILES string of the molecule is c1ccc(-n2c3ccccc3c3cc(N(c4cccc5c4-c4ccccc4C54c5ccccc5Sc5ccccc54)c4cccc5c4-c4ccccc4C54c5ccccc5Sc5ccccc54)ccc32)cc1. The molecule has 2 aliphatic carbocycles. The quantitative estimate of drug-likeness (QED) is 0.174. The van der Waals surface area contributed by atoms with Crippen molar-refractivity contribution in [2.75, 3.05) is 4.90 Å². The zero-order valence-electron chi connectivity index (χ0n) is 39.0. The fraction of sp³-hybridized carbons (Fsp3) is 0.0294. The number of fused-ring (bicyclic) bond motifs is 21. The van der Waals surface area contributed by atoms with Gasteiger partial charge in [0.15, 0.2) is 0 Å². The molecule has 0 saturated heterocycles. The molecule has 0 atom stereocenters. The van der Waals surface area contributed by atoms with E-state index in [9.17, 15) is 0 Å². The number of hydrogen-bond donors (Lipinski definition) is 0. The van der Waals surface area contributed by atoms with E-state index in [4.69, 9.17) is 0 Å². The van der Waals surface area contributed by atoms with E-state index in [1.165, 1.54) is 108 Å². The molecule has 4 heteroatoms. The molecule has 1 aromatic heterocycles. The largest absolute Gasteiger partial charge is 0.309 e. The third-order valence-electron chi connectivity index (χ3n) is 16.1. The average molecular weight is 951 g/mol. The lowest BCUT2D eigenvalue weighted by Gasteiger charge is -2.40. The Labute approximate surface area is 426 Å². The fourth-order valence-corrected chi connectivity index (χ4v) is 15.9. The maximum Gasteiger partial charge on any atom is 0.0736 e. The Kier molecular flexibility index (Phi) is 8.49. The van der Waals surface area contributed by atoms with E-state index in [-0.39, 0.29) is 0 Å². The summed E-state index contributed by atoms with van der Waals surface area (Å²) in [5.74, 6) is 0. The van der Waals surface area contributed by atoms with Gasteiger partial charge in [0.1, 0.15) is 0 Å². The first kappa shape index (κ1) is 40.4. The highest BCUT2D eigenvalue weighted by Gasteiger charge is 2.53. The summed E-state index contributed by atoms with van der Waals surface area (Å²) in [6.07, 6.45) is 0. The predicted octanol–water partition coefficient (Wildman–Crippen LogP) is 17.9. The molecular weight excluding hydrogens is 909 g/mol.